The molecule has 7 heteroatoms. The zero-order valence-electron chi connectivity index (χ0n) is 15.3. The van der Waals surface area contributed by atoms with Crippen LogP contribution in [-0.2, 0) is 11.2 Å². The highest BCUT2D eigenvalue weighted by molar-refractivity contribution is 14.0. The molecule has 25 heavy (non-hydrogen) atoms. The maximum atomic E-state index is 6.02. The molecule has 1 saturated heterocycles. The van der Waals surface area contributed by atoms with Crippen molar-refractivity contribution in [3.63, 3.8) is 0 Å². The van der Waals surface area contributed by atoms with Gasteiger partial charge in [-0.15, -0.1) is 24.0 Å². The smallest absolute Gasteiger partial charge is 0.191 e. The van der Waals surface area contributed by atoms with Crippen molar-refractivity contribution < 1.29 is 4.74 Å². The molecule has 1 aromatic carbocycles. The molecule has 2 rings (SSSR count). The van der Waals surface area contributed by atoms with E-state index in [2.05, 4.69) is 40.4 Å². The van der Waals surface area contributed by atoms with E-state index in [1.54, 1.807) is 7.05 Å². The number of aliphatic imine (C=N–C) groups is 1. The summed E-state index contributed by atoms with van der Waals surface area (Å²) in [5.41, 5.74) is 1.29. The normalized spacial score (nSPS) is 16.2. The van der Waals surface area contributed by atoms with Crippen molar-refractivity contribution in [2.75, 3.05) is 46.4 Å². The van der Waals surface area contributed by atoms with Crippen LogP contribution in [0.15, 0.2) is 29.3 Å². The van der Waals surface area contributed by atoms with Crippen LogP contribution in [0.5, 0.6) is 0 Å². The van der Waals surface area contributed by atoms with Crippen LogP contribution in [0.4, 0.5) is 0 Å². The van der Waals surface area contributed by atoms with Crippen LogP contribution in [0.1, 0.15) is 19.4 Å². The summed E-state index contributed by atoms with van der Waals surface area (Å²) in [5.74, 6) is 0.832. The molecule has 0 unspecified atom stereocenters. The third-order valence-corrected chi connectivity index (χ3v) is 4.61. The van der Waals surface area contributed by atoms with E-state index in [1.165, 1.54) is 5.56 Å². The summed E-state index contributed by atoms with van der Waals surface area (Å²) in [4.78, 5) is 6.77. The number of nitrogens with one attached hydrogen (secondary N) is 2. The summed E-state index contributed by atoms with van der Waals surface area (Å²) >= 11 is 6.02. The molecular weight excluding hydrogens is 451 g/mol. The van der Waals surface area contributed by atoms with E-state index in [9.17, 15) is 0 Å². The number of guanidine groups is 1. The number of hydrogen-bond acceptors (Lipinski definition) is 3. The SMILES string of the molecule is CN=C(NCCc1cccc(Cl)c1)NCC(C)(C)N1CCOCC1.I. The highest BCUT2D eigenvalue weighted by atomic mass is 127. The average molecular weight is 481 g/mol. The van der Waals surface area contributed by atoms with Crippen LogP contribution in [0.2, 0.25) is 5.02 Å². The predicted octanol–water partition coefficient (Wildman–Crippen LogP) is 2.78. The molecule has 0 radical (unpaired) electrons. The van der Waals surface area contributed by atoms with Gasteiger partial charge in [-0.1, -0.05) is 23.7 Å². The van der Waals surface area contributed by atoms with Gasteiger partial charge in [0.1, 0.15) is 0 Å². The van der Waals surface area contributed by atoms with E-state index in [4.69, 9.17) is 16.3 Å². The standard InChI is InChI=1S/C18H29ClN4O.HI/c1-18(2,23-9-11-24-12-10-23)14-22-17(20-3)21-8-7-15-5-4-6-16(19)13-15;/h4-6,13H,7-12,14H2,1-3H3,(H2,20,21,22);1H. The van der Waals surface area contributed by atoms with Gasteiger partial charge in [-0.2, -0.15) is 0 Å². The maximum absolute atomic E-state index is 6.02. The van der Waals surface area contributed by atoms with Crippen LogP contribution >= 0.6 is 35.6 Å². The minimum atomic E-state index is 0. The average Bonchev–Trinajstić information content (AvgIpc) is 2.59. The van der Waals surface area contributed by atoms with Crippen LogP contribution in [-0.4, -0.2) is 62.8 Å². The minimum Gasteiger partial charge on any atom is -0.379 e. The van der Waals surface area contributed by atoms with Crippen LogP contribution < -0.4 is 10.6 Å². The second kappa shape index (κ2) is 11.2. The topological polar surface area (TPSA) is 48.9 Å². The van der Waals surface area contributed by atoms with Crippen molar-refractivity contribution in [3.05, 3.63) is 34.9 Å². The molecule has 1 aliphatic heterocycles. The van der Waals surface area contributed by atoms with Crippen molar-refractivity contribution in [1.82, 2.24) is 15.5 Å². The Morgan fingerprint density at radius 2 is 2.00 bits per heavy atom. The fourth-order valence-electron chi connectivity index (χ4n) is 2.82. The van der Waals surface area contributed by atoms with Gasteiger partial charge in [-0.05, 0) is 38.0 Å². The first-order chi connectivity index (χ1) is 11.5. The third kappa shape index (κ3) is 7.68. The molecule has 0 amide bonds. The summed E-state index contributed by atoms with van der Waals surface area (Å²) in [5, 5.41) is 7.58. The van der Waals surface area contributed by atoms with Gasteiger partial charge in [0.05, 0.1) is 13.2 Å². The van der Waals surface area contributed by atoms with Gasteiger partial charge in [0.25, 0.3) is 0 Å². The van der Waals surface area contributed by atoms with E-state index < -0.39 is 0 Å². The number of ether oxygens (including phenoxy) is 1. The molecule has 1 aliphatic rings. The predicted molar refractivity (Wildman–Crippen MR) is 116 cm³/mol. The van der Waals surface area contributed by atoms with Crippen molar-refractivity contribution >= 4 is 41.5 Å². The third-order valence-electron chi connectivity index (χ3n) is 4.37. The highest BCUT2D eigenvalue weighted by Gasteiger charge is 2.28. The lowest BCUT2D eigenvalue weighted by Gasteiger charge is -2.41. The Labute approximate surface area is 173 Å². The van der Waals surface area contributed by atoms with Crippen molar-refractivity contribution in [3.8, 4) is 0 Å². The molecule has 1 heterocycles. The maximum Gasteiger partial charge on any atom is 0.191 e. The van der Waals surface area contributed by atoms with Gasteiger partial charge in [0.15, 0.2) is 5.96 Å². The Balaban J connectivity index is 0.00000312. The molecule has 0 spiro atoms. The number of nitrogens with zero attached hydrogens (tertiary/aromatic N) is 2. The quantitative estimate of drug-likeness (QED) is 0.373. The number of hydrogen-bond donors (Lipinski definition) is 2. The molecular formula is C18H30ClIN4O. The molecule has 5 nitrogen and oxygen atoms in total. The highest BCUT2D eigenvalue weighted by Crippen LogP contribution is 2.15. The van der Waals surface area contributed by atoms with Crippen LogP contribution in [0, 0.1) is 0 Å². The van der Waals surface area contributed by atoms with Gasteiger partial charge < -0.3 is 15.4 Å². The lowest BCUT2D eigenvalue weighted by atomic mass is 10.0. The molecule has 1 fully saturated rings. The van der Waals surface area contributed by atoms with Crippen molar-refractivity contribution in [1.29, 1.82) is 0 Å². The molecule has 142 valence electrons. The largest absolute Gasteiger partial charge is 0.379 e. The summed E-state index contributed by atoms with van der Waals surface area (Å²) in [7, 11) is 1.80. The van der Waals surface area contributed by atoms with Gasteiger partial charge >= 0.3 is 0 Å². The number of benzene rings is 1. The fraction of sp³-hybridized carbons (Fsp3) is 0.611. The summed E-state index contributed by atoms with van der Waals surface area (Å²) in [6.45, 7) is 9.76. The van der Waals surface area contributed by atoms with E-state index in [-0.39, 0.29) is 29.5 Å². The van der Waals surface area contributed by atoms with Crippen molar-refractivity contribution in [2.45, 2.75) is 25.8 Å². The first-order valence-corrected chi connectivity index (χ1v) is 8.91. The first-order valence-electron chi connectivity index (χ1n) is 8.53. The molecule has 2 N–H and O–H groups in total. The molecule has 0 atom stereocenters. The number of halogens is 2. The van der Waals surface area contributed by atoms with Crippen LogP contribution in [0.3, 0.4) is 0 Å². The Bertz CT molecular complexity index is 548. The molecule has 0 bridgehead atoms. The zero-order valence-corrected chi connectivity index (χ0v) is 18.4. The second-order valence-electron chi connectivity index (χ2n) is 6.64. The first kappa shape index (κ1) is 22.5. The lowest BCUT2D eigenvalue weighted by Crippen LogP contribution is -2.56. The minimum absolute atomic E-state index is 0. The Morgan fingerprint density at radius 3 is 2.64 bits per heavy atom. The Hall–Kier alpha value is -0.570. The Morgan fingerprint density at radius 1 is 1.28 bits per heavy atom. The second-order valence-corrected chi connectivity index (χ2v) is 7.08. The summed E-state index contributed by atoms with van der Waals surface area (Å²) in [6.07, 6.45) is 0.911. The lowest BCUT2D eigenvalue weighted by molar-refractivity contribution is -0.00833. The zero-order chi connectivity index (χ0) is 17.4. The molecule has 0 aromatic heterocycles. The molecule has 0 saturated carbocycles. The van der Waals surface area contributed by atoms with E-state index in [0.717, 1.165) is 56.8 Å². The molecule has 1 aromatic rings. The Kier molecular flexibility index (Phi) is 10.1. The summed E-state index contributed by atoms with van der Waals surface area (Å²) in [6, 6.07) is 7.97. The van der Waals surface area contributed by atoms with Gasteiger partial charge in [-0.25, -0.2) is 0 Å². The van der Waals surface area contributed by atoms with Gasteiger partial charge in [-0.3, -0.25) is 9.89 Å². The van der Waals surface area contributed by atoms with Crippen molar-refractivity contribution in [2.24, 2.45) is 4.99 Å². The molecule has 0 aliphatic carbocycles. The van der Waals surface area contributed by atoms with E-state index in [1.807, 2.05) is 18.2 Å². The number of rotatable bonds is 6. The van der Waals surface area contributed by atoms with E-state index in [0.29, 0.717) is 0 Å². The van der Waals surface area contributed by atoms with E-state index >= 15 is 0 Å². The van der Waals surface area contributed by atoms with Crippen LogP contribution in [0.25, 0.3) is 0 Å². The van der Waals surface area contributed by atoms with Gasteiger partial charge in [0.2, 0.25) is 0 Å². The monoisotopic (exact) mass is 480 g/mol. The fourth-order valence-corrected chi connectivity index (χ4v) is 3.03. The van der Waals surface area contributed by atoms with Gasteiger partial charge in [0, 0.05) is 43.8 Å². The summed E-state index contributed by atoms with van der Waals surface area (Å²) < 4.78 is 5.44. The number of morpholine rings is 1.